The first-order valence-corrected chi connectivity index (χ1v) is 8.43. The van der Waals surface area contributed by atoms with Gasteiger partial charge in [-0.25, -0.2) is 0 Å². The molecule has 0 radical (unpaired) electrons. The van der Waals surface area contributed by atoms with Gasteiger partial charge in [-0.15, -0.1) is 0 Å². The molecule has 0 saturated heterocycles. The lowest BCUT2D eigenvalue weighted by Gasteiger charge is -2.18. The summed E-state index contributed by atoms with van der Waals surface area (Å²) in [6.07, 6.45) is 0.860. The van der Waals surface area contributed by atoms with E-state index in [2.05, 4.69) is 5.32 Å². The van der Waals surface area contributed by atoms with Crippen LogP contribution in [-0.2, 0) is 13.2 Å². The molecular formula is C19H24ClNO3. The fourth-order valence-electron chi connectivity index (χ4n) is 2.40. The highest BCUT2D eigenvalue weighted by molar-refractivity contribution is 6.30. The van der Waals surface area contributed by atoms with Crippen LogP contribution in [0.3, 0.4) is 0 Å². The maximum Gasteiger partial charge on any atom is 0.166 e. The van der Waals surface area contributed by atoms with E-state index in [0.717, 1.165) is 17.5 Å². The molecule has 0 fully saturated rings. The summed E-state index contributed by atoms with van der Waals surface area (Å²) in [5.74, 6) is 1.40. The number of methoxy groups -OCH3 is 1. The standard InChI is InChI=1S/C19H24ClNO3/c1-3-17(12-22)21-11-15-7-5-9-18(23-2)19(15)24-13-14-6-4-8-16(20)10-14/h4-10,17,21-22H,3,11-13H2,1-2H3/t17-/m0/s1. The van der Waals surface area contributed by atoms with E-state index in [1.165, 1.54) is 0 Å². The van der Waals surface area contributed by atoms with Crippen LogP contribution in [0.4, 0.5) is 0 Å². The lowest BCUT2D eigenvalue weighted by atomic mass is 10.1. The largest absolute Gasteiger partial charge is 0.493 e. The van der Waals surface area contributed by atoms with Crippen LogP contribution >= 0.6 is 11.6 Å². The number of benzene rings is 2. The minimum atomic E-state index is 0.0666. The van der Waals surface area contributed by atoms with Gasteiger partial charge >= 0.3 is 0 Å². The number of aliphatic hydroxyl groups is 1. The summed E-state index contributed by atoms with van der Waals surface area (Å²) < 4.78 is 11.4. The van der Waals surface area contributed by atoms with E-state index >= 15 is 0 Å². The van der Waals surface area contributed by atoms with Gasteiger partial charge in [-0.05, 0) is 30.2 Å². The van der Waals surface area contributed by atoms with E-state index in [-0.39, 0.29) is 12.6 Å². The van der Waals surface area contributed by atoms with Crippen molar-refractivity contribution >= 4 is 11.6 Å². The van der Waals surface area contributed by atoms with E-state index in [4.69, 9.17) is 21.1 Å². The van der Waals surface area contributed by atoms with Crippen molar-refractivity contribution in [2.24, 2.45) is 0 Å². The molecule has 0 aliphatic carbocycles. The van der Waals surface area contributed by atoms with Crippen LogP contribution in [0.5, 0.6) is 11.5 Å². The van der Waals surface area contributed by atoms with Gasteiger partial charge in [-0.3, -0.25) is 0 Å². The van der Waals surface area contributed by atoms with Gasteiger partial charge in [0.1, 0.15) is 6.61 Å². The lowest BCUT2D eigenvalue weighted by Crippen LogP contribution is -2.31. The highest BCUT2D eigenvalue weighted by Gasteiger charge is 2.12. The maximum atomic E-state index is 9.32. The summed E-state index contributed by atoms with van der Waals surface area (Å²) in [6.45, 7) is 3.15. The van der Waals surface area contributed by atoms with Crippen LogP contribution in [0.1, 0.15) is 24.5 Å². The second-order valence-corrected chi connectivity index (χ2v) is 5.97. The molecule has 0 amide bonds. The second kappa shape index (κ2) is 9.52. The average Bonchev–Trinajstić information content (AvgIpc) is 2.61. The second-order valence-electron chi connectivity index (χ2n) is 5.54. The molecule has 130 valence electrons. The quantitative estimate of drug-likeness (QED) is 0.723. The van der Waals surface area contributed by atoms with Crippen LogP contribution in [0.25, 0.3) is 0 Å². The number of hydrogen-bond acceptors (Lipinski definition) is 4. The molecule has 0 aromatic heterocycles. The monoisotopic (exact) mass is 349 g/mol. The molecule has 2 N–H and O–H groups in total. The molecule has 2 rings (SSSR count). The number of halogens is 1. The third kappa shape index (κ3) is 5.13. The maximum absolute atomic E-state index is 9.32. The van der Waals surface area contributed by atoms with E-state index in [1.54, 1.807) is 7.11 Å². The molecule has 0 heterocycles. The summed E-state index contributed by atoms with van der Waals surface area (Å²) >= 11 is 6.02. The lowest BCUT2D eigenvalue weighted by molar-refractivity contribution is 0.236. The summed E-state index contributed by atoms with van der Waals surface area (Å²) in [5.41, 5.74) is 1.98. The summed E-state index contributed by atoms with van der Waals surface area (Å²) in [4.78, 5) is 0. The Morgan fingerprint density at radius 2 is 2.00 bits per heavy atom. The van der Waals surface area contributed by atoms with Gasteiger partial charge in [0.15, 0.2) is 11.5 Å². The predicted molar refractivity (Wildman–Crippen MR) is 96.8 cm³/mol. The molecule has 0 aliphatic heterocycles. The molecule has 2 aromatic rings. The number of hydrogen-bond donors (Lipinski definition) is 2. The van der Waals surface area contributed by atoms with E-state index in [9.17, 15) is 5.11 Å². The van der Waals surface area contributed by atoms with Crippen LogP contribution in [0, 0.1) is 0 Å². The molecule has 2 aromatic carbocycles. The average molecular weight is 350 g/mol. The topological polar surface area (TPSA) is 50.7 Å². The van der Waals surface area contributed by atoms with E-state index in [0.29, 0.717) is 29.7 Å². The normalized spacial score (nSPS) is 12.0. The zero-order valence-corrected chi connectivity index (χ0v) is 14.8. The smallest absolute Gasteiger partial charge is 0.166 e. The summed E-state index contributed by atoms with van der Waals surface area (Å²) in [6, 6.07) is 13.5. The van der Waals surface area contributed by atoms with Crippen molar-refractivity contribution < 1.29 is 14.6 Å². The van der Waals surface area contributed by atoms with Gasteiger partial charge in [0.2, 0.25) is 0 Å². The van der Waals surface area contributed by atoms with Crippen molar-refractivity contribution in [3.63, 3.8) is 0 Å². The molecule has 0 saturated carbocycles. The van der Waals surface area contributed by atoms with Gasteiger partial charge in [-0.1, -0.05) is 42.8 Å². The van der Waals surface area contributed by atoms with E-state index < -0.39 is 0 Å². The summed E-state index contributed by atoms with van der Waals surface area (Å²) in [5, 5.41) is 13.3. The minimum absolute atomic E-state index is 0.0666. The Labute approximate surface area is 148 Å². The van der Waals surface area contributed by atoms with Crippen molar-refractivity contribution in [1.82, 2.24) is 5.32 Å². The molecule has 5 heteroatoms. The Kier molecular flexibility index (Phi) is 7.37. The molecule has 0 unspecified atom stereocenters. The Hall–Kier alpha value is -1.75. The first-order valence-electron chi connectivity index (χ1n) is 8.05. The van der Waals surface area contributed by atoms with Crippen molar-refractivity contribution in [3.05, 3.63) is 58.6 Å². The van der Waals surface area contributed by atoms with Crippen LogP contribution in [-0.4, -0.2) is 24.9 Å². The zero-order valence-electron chi connectivity index (χ0n) is 14.1. The summed E-state index contributed by atoms with van der Waals surface area (Å²) in [7, 11) is 1.63. The number of rotatable bonds is 9. The Morgan fingerprint density at radius 3 is 2.67 bits per heavy atom. The Balaban J connectivity index is 2.13. The molecule has 0 aliphatic rings. The van der Waals surface area contributed by atoms with Gasteiger partial charge in [0.25, 0.3) is 0 Å². The van der Waals surface area contributed by atoms with Crippen molar-refractivity contribution in [2.75, 3.05) is 13.7 Å². The number of ether oxygens (including phenoxy) is 2. The van der Waals surface area contributed by atoms with Crippen molar-refractivity contribution in [2.45, 2.75) is 32.5 Å². The van der Waals surface area contributed by atoms with Gasteiger partial charge in [-0.2, -0.15) is 0 Å². The Morgan fingerprint density at radius 1 is 1.21 bits per heavy atom. The van der Waals surface area contributed by atoms with Crippen molar-refractivity contribution in [3.8, 4) is 11.5 Å². The fourth-order valence-corrected chi connectivity index (χ4v) is 2.61. The van der Waals surface area contributed by atoms with Gasteiger partial charge in [0.05, 0.1) is 13.7 Å². The molecule has 0 bridgehead atoms. The zero-order chi connectivity index (χ0) is 17.4. The van der Waals surface area contributed by atoms with Crippen LogP contribution in [0.2, 0.25) is 5.02 Å². The fraction of sp³-hybridized carbons (Fsp3) is 0.368. The molecule has 1 atom stereocenters. The van der Waals surface area contributed by atoms with E-state index in [1.807, 2.05) is 49.4 Å². The van der Waals surface area contributed by atoms with Crippen LogP contribution in [0.15, 0.2) is 42.5 Å². The van der Waals surface area contributed by atoms with Crippen LogP contribution < -0.4 is 14.8 Å². The predicted octanol–water partition coefficient (Wildman–Crippen LogP) is 3.79. The third-order valence-electron chi connectivity index (χ3n) is 3.85. The molecular weight excluding hydrogens is 326 g/mol. The first kappa shape index (κ1) is 18.6. The third-order valence-corrected chi connectivity index (χ3v) is 4.08. The number of aliphatic hydroxyl groups excluding tert-OH is 1. The first-order chi connectivity index (χ1) is 11.7. The number of para-hydroxylation sites is 1. The number of nitrogens with one attached hydrogen (secondary N) is 1. The van der Waals surface area contributed by atoms with Crippen molar-refractivity contribution in [1.29, 1.82) is 0 Å². The highest BCUT2D eigenvalue weighted by Crippen LogP contribution is 2.32. The minimum Gasteiger partial charge on any atom is -0.493 e. The Bertz CT molecular complexity index is 644. The van der Waals surface area contributed by atoms with Gasteiger partial charge in [0, 0.05) is 23.2 Å². The molecule has 4 nitrogen and oxygen atoms in total. The molecule has 0 spiro atoms. The molecule has 24 heavy (non-hydrogen) atoms. The SMILES string of the molecule is CC[C@@H](CO)NCc1cccc(OC)c1OCc1cccc(Cl)c1. The van der Waals surface area contributed by atoms with Gasteiger partial charge < -0.3 is 19.9 Å². The highest BCUT2D eigenvalue weighted by atomic mass is 35.5.